The molecule has 11 heteroatoms. The van der Waals surface area contributed by atoms with Gasteiger partial charge in [-0.2, -0.15) is 5.10 Å². The van der Waals surface area contributed by atoms with Crippen molar-refractivity contribution in [2.45, 2.75) is 12.8 Å². The summed E-state index contributed by atoms with van der Waals surface area (Å²) < 4.78 is 1.49. The zero-order valence-electron chi connectivity index (χ0n) is 15.4. The van der Waals surface area contributed by atoms with E-state index in [-0.39, 0.29) is 18.2 Å². The number of benzene rings is 1. The Hall–Kier alpha value is -3.08. The Morgan fingerprint density at radius 1 is 1.07 bits per heavy atom. The first kappa shape index (κ1) is 20.2. The molecule has 30 heavy (non-hydrogen) atoms. The lowest BCUT2D eigenvalue weighted by atomic mass is 10.2. The number of carbonyl (C=O) groups is 2. The summed E-state index contributed by atoms with van der Waals surface area (Å²) in [6.07, 6.45) is 3.24. The van der Waals surface area contributed by atoms with Gasteiger partial charge in [0, 0.05) is 10.3 Å². The van der Waals surface area contributed by atoms with Gasteiger partial charge in [-0.15, -0.1) is 22.7 Å². The number of carbonyl (C=O) groups excluding carboxylic acids is 2. The zero-order valence-corrected chi connectivity index (χ0v) is 17.8. The molecular weight excluding hydrogens is 444 g/mol. The van der Waals surface area contributed by atoms with E-state index in [1.54, 1.807) is 23.6 Å². The maximum atomic E-state index is 12.5. The molecule has 0 aliphatic heterocycles. The van der Waals surface area contributed by atoms with Crippen molar-refractivity contribution in [1.29, 1.82) is 0 Å². The van der Waals surface area contributed by atoms with Crippen LogP contribution in [0.5, 0.6) is 0 Å². The number of para-hydroxylation sites is 1. The van der Waals surface area contributed by atoms with Crippen molar-refractivity contribution in [3.8, 4) is 5.69 Å². The van der Waals surface area contributed by atoms with Crippen LogP contribution in [-0.4, -0.2) is 31.6 Å². The van der Waals surface area contributed by atoms with Crippen molar-refractivity contribution < 1.29 is 9.59 Å². The van der Waals surface area contributed by atoms with Crippen molar-refractivity contribution in [3.05, 3.63) is 69.3 Å². The molecule has 0 saturated carbocycles. The first-order valence-electron chi connectivity index (χ1n) is 8.78. The number of thiophene rings is 1. The molecule has 3 aromatic heterocycles. The minimum absolute atomic E-state index is 0.0562. The second kappa shape index (κ2) is 9.16. The molecule has 152 valence electrons. The molecule has 0 aliphatic carbocycles. The van der Waals surface area contributed by atoms with Gasteiger partial charge in [0.25, 0.3) is 0 Å². The first-order chi connectivity index (χ1) is 14.6. The van der Waals surface area contributed by atoms with E-state index in [1.807, 2.05) is 17.5 Å². The summed E-state index contributed by atoms with van der Waals surface area (Å²) in [5, 5.41) is 14.2. The molecule has 0 fully saturated rings. The zero-order chi connectivity index (χ0) is 20.9. The Bertz CT molecular complexity index is 1160. The monoisotopic (exact) mass is 458 g/mol. The number of aromatic nitrogens is 4. The topological polar surface area (TPSA) is 102 Å². The van der Waals surface area contributed by atoms with Crippen molar-refractivity contribution in [1.82, 2.24) is 19.7 Å². The van der Waals surface area contributed by atoms with E-state index >= 15 is 0 Å². The molecule has 0 bridgehead atoms. The van der Waals surface area contributed by atoms with Gasteiger partial charge in [-0.25, -0.2) is 14.6 Å². The van der Waals surface area contributed by atoms with Crippen molar-refractivity contribution in [2.24, 2.45) is 0 Å². The van der Waals surface area contributed by atoms with Crippen LogP contribution in [0.4, 0.5) is 10.8 Å². The number of nitrogens with one attached hydrogen (secondary N) is 2. The van der Waals surface area contributed by atoms with Gasteiger partial charge < -0.3 is 10.6 Å². The fourth-order valence-electron chi connectivity index (χ4n) is 2.71. The lowest BCUT2D eigenvalue weighted by Gasteiger charge is -2.12. The molecule has 4 aromatic rings. The Labute approximate surface area is 184 Å². The Morgan fingerprint density at radius 3 is 2.70 bits per heavy atom. The van der Waals surface area contributed by atoms with Crippen LogP contribution >= 0.6 is 34.3 Å². The lowest BCUT2D eigenvalue weighted by Crippen LogP contribution is -2.17. The smallest absolute Gasteiger partial charge is 0.231 e. The number of halogens is 1. The second-order valence-electron chi connectivity index (χ2n) is 6.15. The number of hydrogen-bond donors (Lipinski definition) is 2. The van der Waals surface area contributed by atoms with Crippen molar-refractivity contribution >= 4 is 56.9 Å². The van der Waals surface area contributed by atoms with Gasteiger partial charge in [0.15, 0.2) is 5.13 Å². The van der Waals surface area contributed by atoms with Crippen LogP contribution < -0.4 is 10.6 Å². The lowest BCUT2D eigenvalue weighted by molar-refractivity contribution is -0.116. The van der Waals surface area contributed by atoms with Gasteiger partial charge >= 0.3 is 0 Å². The molecule has 4 rings (SSSR count). The number of anilines is 2. The Balaban J connectivity index is 1.39. The third-order valence-electron chi connectivity index (χ3n) is 3.96. The van der Waals surface area contributed by atoms with Gasteiger partial charge in [-0.1, -0.05) is 23.7 Å². The van der Waals surface area contributed by atoms with E-state index < -0.39 is 0 Å². The summed E-state index contributed by atoms with van der Waals surface area (Å²) in [5.74, 6) is -0.403. The highest BCUT2D eigenvalue weighted by atomic mass is 35.5. The van der Waals surface area contributed by atoms with Crippen molar-refractivity contribution in [2.75, 3.05) is 10.6 Å². The third-order valence-corrected chi connectivity index (χ3v) is 5.95. The predicted molar refractivity (Wildman–Crippen MR) is 117 cm³/mol. The van der Waals surface area contributed by atoms with Gasteiger partial charge in [-0.3, -0.25) is 9.59 Å². The van der Waals surface area contributed by atoms with E-state index in [0.717, 1.165) is 4.88 Å². The van der Waals surface area contributed by atoms with Gasteiger partial charge in [0.2, 0.25) is 11.8 Å². The highest BCUT2D eigenvalue weighted by Gasteiger charge is 2.15. The summed E-state index contributed by atoms with van der Waals surface area (Å²) in [4.78, 5) is 33.9. The molecule has 3 heterocycles. The van der Waals surface area contributed by atoms with E-state index in [2.05, 4.69) is 25.7 Å². The predicted octanol–water partition coefficient (Wildman–Crippen LogP) is 3.80. The molecule has 8 nitrogen and oxygen atoms in total. The minimum atomic E-state index is -0.264. The molecule has 1 aromatic carbocycles. The quantitative estimate of drug-likeness (QED) is 0.438. The number of thiazole rings is 1. The maximum absolute atomic E-state index is 12.5. The molecule has 0 atom stereocenters. The molecule has 0 aliphatic rings. The Kier molecular flexibility index (Phi) is 6.17. The normalized spacial score (nSPS) is 10.7. The average molecular weight is 459 g/mol. The second-order valence-corrected chi connectivity index (χ2v) is 8.45. The van der Waals surface area contributed by atoms with Crippen LogP contribution in [0.2, 0.25) is 5.02 Å². The molecule has 0 unspecified atom stereocenters. The average Bonchev–Trinajstić information content (AvgIpc) is 3.45. The molecule has 2 amide bonds. The van der Waals surface area contributed by atoms with Crippen LogP contribution in [0.3, 0.4) is 0 Å². The number of nitrogens with zero attached hydrogens (tertiary/aromatic N) is 4. The largest absolute Gasteiger partial charge is 0.324 e. The van der Waals surface area contributed by atoms with E-state index in [1.165, 1.54) is 40.0 Å². The van der Waals surface area contributed by atoms with Crippen molar-refractivity contribution in [3.63, 3.8) is 0 Å². The van der Waals surface area contributed by atoms with E-state index in [4.69, 9.17) is 11.6 Å². The summed E-state index contributed by atoms with van der Waals surface area (Å²) >= 11 is 9.08. The molecule has 2 N–H and O–H groups in total. The van der Waals surface area contributed by atoms with Gasteiger partial charge in [-0.05, 0) is 23.6 Å². The number of hydrogen-bond acceptors (Lipinski definition) is 7. The van der Waals surface area contributed by atoms with Crippen LogP contribution in [0.15, 0.2) is 53.7 Å². The van der Waals surface area contributed by atoms with Crippen LogP contribution in [0.25, 0.3) is 5.69 Å². The molecule has 0 radical (unpaired) electrons. The third kappa shape index (κ3) is 4.90. The van der Waals surface area contributed by atoms with Crippen LogP contribution in [0.1, 0.15) is 10.6 Å². The number of rotatable bonds is 7. The molecular formula is C19H15ClN6O2S2. The highest BCUT2D eigenvalue weighted by Crippen LogP contribution is 2.28. The summed E-state index contributed by atoms with van der Waals surface area (Å²) in [6.45, 7) is 0. The summed E-state index contributed by atoms with van der Waals surface area (Å²) in [7, 11) is 0. The minimum Gasteiger partial charge on any atom is -0.324 e. The summed E-state index contributed by atoms with van der Waals surface area (Å²) in [6, 6.07) is 8.99. The van der Waals surface area contributed by atoms with E-state index in [0.29, 0.717) is 33.6 Å². The van der Waals surface area contributed by atoms with Crippen LogP contribution in [0, 0.1) is 0 Å². The highest BCUT2D eigenvalue weighted by molar-refractivity contribution is 7.14. The maximum Gasteiger partial charge on any atom is 0.231 e. The fraction of sp³-hybridized carbons (Fsp3) is 0.105. The fourth-order valence-corrected chi connectivity index (χ4v) is 4.40. The molecule has 0 saturated heterocycles. The summed E-state index contributed by atoms with van der Waals surface area (Å²) in [5.41, 5.74) is 1.61. The van der Waals surface area contributed by atoms with Gasteiger partial charge in [0.05, 0.1) is 29.2 Å². The first-order valence-corrected chi connectivity index (χ1v) is 10.9. The van der Waals surface area contributed by atoms with Crippen LogP contribution in [-0.2, 0) is 22.4 Å². The SMILES string of the molecule is O=C(Cc1cccs1)Nc1nc(CC(=O)Nc2cccc(Cl)c2-n2cncn2)cs1. The molecule has 0 spiro atoms. The van der Waals surface area contributed by atoms with E-state index in [9.17, 15) is 9.59 Å². The number of amides is 2. The Morgan fingerprint density at radius 2 is 1.93 bits per heavy atom. The van der Waals surface area contributed by atoms with Gasteiger partial charge in [0.1, 0.15) is 18.3 Å². The standard InChI is InChI=1S/C19H15ClN6O2S2/c20-14-4-1-5-15(18(14)26-11-21-10-22-26)24-16(27)7-12-9-30-19(23-12)25-17(28)8-13-3-2-6-29-13/h1-6,9-11H,7-8H2,(H,24,27)(H,23,25,28).